The van der Waals surface area contributed by atoms with Gasteiger partial charge in [-0.25, -0.2) is 4.79 Å². The lowest BCUT2D eigenvalue weighted by atomic mass is 10.0. The van der Waals surface area contributed by atoms with Crippen molar-refractivity contribution in [1.29, 1.82) is 0 Å². The number of hydrogen-bond acceptors (Lipinski definition) is 4. The van der Waals surface area contributed by atoms with Crippen LogP contribution in [0.15, 0.2) is 18.2 Å². The Bertz CT molecular complexity index is 726. The first-order chi connectivity index (χ1) is 13.5. The molecule has 1 heterocycles. The molecule has 1 unspecified atom stereocenters. The fourth-order valence-electron chi connectivity index (χ4n) is 3.17. The van der Waals surface area contributed by atoms with Gasteiger partial charge in [0.05, 0.1) is 10.0 Å². The van der Waals surface area contributed by atoms with E-state index in [2.05, 4.69) is 10.2 Å². The van der Waals surface area contributed by atoms with Gasteiger partial charge in [-0.1, -0.05) is 43.1 Å². The number of carbonyl (C=O) groups is 2. The van der Waals surface area contributed by atoms with Crippen molar-refractivity contribution in [1.82, 2.24) is 15.1 Å². The summed E-state index contributed by atoms with van der Waals surface area (Å²) in [5, 5.41) is 3.83. The number of ether oxygens (including phenoxy) is 1. The third-order valence-corrected chi connectivity index (χ3v) is 5.42. The molecule has 1 fully saturated rings. The zero-order valence-corrected chi connectivity index (χ0v) is 19.3. The maximum absolute atomic E-state index is 13.0. The lowest BCUT2D eigenvalue weighted by Crippen LogP contribution is -2.56. The highest BCUT2D eigenvalue weighted by atomic mass is 35.5. The molecule has 1 aromatic carbocycles. The van der Waals surface area contributed by atoms with E-state index < -0.39 is 17.7 Å². The zero-order valence-electron chi connectivity index (χ0n) is 17.8. The van der Waals surface area contributed by atoms with Crippen molar-refractivity contribution in [3.63, 3.8) is 0 Å². The molecule has 0 radical (unpaired) electrons. The summed E-state index contributed by atoms with van der Waals surface area (Å²) in [6.07, 6.45) is -0.567. The Hall–Kier alpha value is -1.50. The number of rotatable bonds is 5. The van der Waals surface area contributed by atoms with E-state index in [0.29, 0.717) is 23.1 Å². The van der Waals surface area contributed by atoms with Crippen LogP contribution >= 0.6 is 23.2 Å². The number of amides is 2. The largest absolute Gasteiger partial charge is 0.444 e. The van der Waals surface area contributed by atoms with Crippen LogP contribution in [0.3, 0.4) is 0 Å². The van der Waals surface area contributed by atoms with Crippen LogP contribution in [0.25, 0.3) is 0 Å². The van der Waals surface area contributed by atoms with Crippen molar-refractivity contribution < 1.29 is 14.3 Å². The predicted octanol–water partition coefficient (Wildman–Crippen LogP) is 4.19. The van der Waals surface area contributed by atoms with Crippen LogP contribution in [-0.2, 0) is 16.1 Å². The minimum Gasteiger partial charge on any atom is -0.444 e. The number of nitrogens with zero attached hydrogens (tertiary/aromatic N) is 2. The standard InChI is InChI=1S/C21H31Cl2N3O3/c1-14(2)18(24-20(28)29-21(3,4)5)19(27)26-10-8-25(9-11-26)13-15-6-7-16(22)17(23)12-15/h6-7,12,14,18H,8-11,13H2,1-5H3,(H,24,28). The monoisotopic (exact) mass is 443 g/mol. The summed E-state index contributed by atoms with van der Waals surface area (Å²) in [5.74, 6) is -0.107. The van der Waals surface area contributed by atoms with E-state index in [9.17, 15) is 9.59 Å². The quantitative estimate of drug-likeness (QED) is 0.740. The Labute approximate surface area is 183 Å². The fraction of sp³-hybridized carbons (Fsp3) is 0.619. The third-order valence-electron chi connectivity index (χ3n) is 4.68. The van der Waals surface area contributed by atoms with Gasteiger partial charge in [0.15, 0.2) is 0 Å². The van der Waals surface area contributed by atoms with E-state index in [1.165, 1.54) is 0 Å². The van der Waals surface area contributed by atoms with E-state index >= 15 is 0 Å². The molecule has 29 heavy (non-hydrogen) atoms. The number of halogens is 2. The van der Waals surface area contributed by atoms with Gasteiger partial charge in [-0.15, -0.1) is 0 Å². The highest BCUT2D eigenvalue weighted by Gasteiger charge is 2.32. The van der Waals surface area contributed by atoms with Crippen LogP contribution in [0.1, 0.15) is 40.2 Å². The average Bonchev–Trinajstić information content (AvgIpc) is 2.61. The smallest absolute Gasteiger partial charge is 0.408 e. The number of nitrogens with one attached hydrogen (secondary N) is 1. The summed E-state index contributed by atoms with van der Waals surface area (Å²) in [4.78, 5) is 29.2. The number of benzene rings is 1. The summed E-state index contributed by atoms with van der Waals surface area (Å²) < 4.78 is 5.31. The predicted molar refractivity (Wildman–Crippen MR) is 116 cm³/mol. The summed E-state index contributed by atoms with van der Waals surface area (Å²) in [6, 6.07) is 5.03. The average molecular weight is 444 g/mol. The topological polar surface area (TPSA) is 61.9 Å². The Morgan fingerprint density at radius 3 is 2.24 bits per heavy atom. The SMILES string of the molecule is CC(C)C(NC(=O)OC(C)(C)C)C(=O)N1CCN(Cc2ccc(Cl)c(Cl)c2)CC1. The minimum absolute atomic E-state index is 0.0377. The van der Waals surface area contributed by atoms with Gasteiger partial charge in [-0.05, 0) is 44.4 Å². The maximum Gasteiger partial charge on any atom is 0.408 e. The van der Waals surface area contributed by atoms with Crippen LogP contribution < -0.4 is 5.32 Å². The Morgan fingerprint density at radius 1 is 1.10 bits per heavy atom. The van der Waals surface area contributed by atoms with Crippen LogP contribution in [0.4, 0.5) is 4.79 Å². The minimum atomic E-state index is -0.606. The van der Waals surface area contributed by atoms with Crippen LogP contribution in [0, 0.1) is 5.92 Å². The molecule has 162 valence electrons. The van der Waals surface area contributed by atoms with E-state index in [0.717, 1.165) is 25.2 Å². The summed E-state index contributed by atoms with van der Waals surface area (Å²) in [5.41, 5.74) is 0.482. The molecule has 8 heteroatoms. The summed E-state index contributed by atoms with van der Waals surface area (Å²) >= 11 is 12.1. The lowest BCUT2D eigenvalue weighted by molar-refractivity contribution is -0.136. The molecule has 0 aliphatic carbocycles. The first-order valence-corrected chi connectivity index (χ1v) is 10.7. The van der Waals surface area contributed by atoms with Crippen molar-refractivity contribution in [2.45, 2.75) is 52.8 Å². The molecule has 0 bridgehead atoms. The highest BCUT2D eigenvalue weighted by molar-refractivity contribution is 6.42. The second kappa shape index (κ2) is 10.0. The van der Waals surface area contributed by atoms with Crippen molar-refractivity contribution >= 4 is 35.2 Å². The molecule has 1 aliphatic rings. The molecule has 1 atom stereocenters. The van der Waals surface area contributed by atoms with Crippen LogP contribution in [0.2, 0.25) is 10.0 Å². The molecule has 0 aromatic heterocycles. The summed E-state index contributed by atoms with van der Waals surface area (Å²) in [7, 11) is 0. The molecule has 2 amide bonds. The van der Waals surface area contributed by atoms with Crippen molar-refractivity contribution in [3.05, 3.63) is 33.8 Å². The molecule has 1 aromatic rings. The molecule has 0 saturated carbocycles. The molecule has 6 nitrogen and oxygen atoms in total. The highest BCUT2D eigenvalue weighted by Crippen LogP contribution is 2.23. The number of hydrogen-bond donors (Lipinski definition) is 1. The van der Waals surface area contributed by atoms with Gasteiger partial charge in [0.25, 0.3) is 0 Å². The molecular weight excluding hydrogens is 413 g/mol. The molecule has 2 rings (SSSR count). The van der Waals surface area contributed by atoms with Crippen molar-refractivity contribution in [3.8, 4) is 0 Å². The Morgan fingerprint density at radius 2 is 1.72 bits per heavy atom. The molecule has 0 spiro atoms. The normalized spacial score (nSPS) is 16.6. The molecule has 1 saturated heterocycles. The van der Waals surface area contributed by atoms with Gasteiger partial charge in [0, 0.05) is 32.7 Å². The third kappa shape index (κ3) is 7.36. The second-order valence-corrected chi connectivity index (χ2v) is 9.53. The van der Waals surface area contributed by atoms with Crippen molar-refractivity contribution in [2.24, 2.45) is 5.92 Å². The number of alkyl carbamates (subject to hydrolysis) is 1. The molecule has 1 aliphatic heterocycles. The van der Waals surface area contributed by atoms with Gasteiger partial charge in [0.1, 0.15) is 11.6 Å². The Kier molecular flexibility index (Phi) is 8.20. The fourth-order valence-corrected chi connectivity index (χ4v) is 3.49. The van der Waals surface area contributed by atoms with Gasteiger partial charge in [-0.3, -0.25) is 9.69 Å². The Balaban J connectivity index is 1.91. The summed E-state index contributed by atoms with van der Waals surface area (Å²) in [6.45, 7) is 12.7. The first kappa shape index (κ1) is 23.8. The van der Waals surface area contributed by atoms with Crippen molar-refractivity contribution in [2.75, 3.05) is 26.2 Å². The lowest BCUT2D eigenvalue weighted by Gasteiger charge is -2.37. The first-order valence-electron chi connectivity index (χ1n) is 9.91. The van der Waals surface area contributed by atoms with Crippen LogP contribution in [-0.4, -0.2) is 59.6 Å². The van der Waals surface area contributed by atoms with Gasteiger partial charge in [0.2, 0.25) is 5.91 Å². The number of carbonyl (C=O) groups excluding carboxylic acids is 2. The van der Waals surface area contributed by atoms with Gasteiger partial charge in [-0.2, -0.15) is 0 Å². The van der Waals surface area contributed by atoms with E-state index in [-0.39, 0.29) is 11.8 Å². The van der Waals surface area contributed by atoms with E-state index in [1.807, 2.05) is 30.9 Å². The van der Waals surface area contributed by atoms with Crippen LogP contribution in [0.5, 0.6) is 0 Å². The van der Waals surface area contributed by atoms with E-state index in [4.69, 9.17) is 27.9 Å². The number of piperazine rings is 1. The zero-order chi connectivity index (χ0) is 21.8. The second-order valence-electron chi connectivity index (χ2n) is 8.72. The van der Waals surface area contributed by atoms with E-state index in [1.54, 1.807) is 26.8 Å². The maximum atomic E-state index is 13.0. The molecular formula is C21H31Cl2N3O3. The van der Waals surface area contributed by atoms with Gasteiger partial charge >= 0.3 is 6.09 Å². The van der Waals surface area contributed by atoms with Gasteiger partial charge < -0.3 is 15.0 Å². The molecule has 1 N–H and O–H groups in total.